The number of amides is 1. The average Bonchev–Trinajstić information content (AvgIpc) is 2.47. The molecule has 1 aromatic rings. The summed E-state index contributed by atoms with van der Waals surface area (Å²) in [7, 11) is 0. The first kappa shape index (κ1) is 15.4. The van der Waals surface area contributed by atoms with E-state index < -0.39 is 10.8 Å². The van der Waals surface area contributed by atoms with Gasteiger partial charge in [0.05, 0.1) is 4.92 Å². The van der Waals surface area contributed by atoms with Crippen molar-refractivity contribution in [1.82, 2.24) is 10.3 Å². The van der Waals surface area contributed by atoms with E-state index in [4.69, 9.17) is 11.6 Å². The van der Waals surface area contributed by atoms with Crippen LogP contribution in [0.15, 0.2) is 23.9 Å². The summed E-state index contributed by atoms with van der Waals surface area (Å²) in [5.41, 5.74) is 0.940. The van der Waals surface area contributed by atoms with Crippen LogP contribution in [0.4, 0.5) is 5.69 Å². The summed E-state index contributed by atoms with van der Waals surface area (Å²) in [4.78, 5) is 25.9. The van der Waals surface area contributed by atoms with E-state index in [9.17, 15) is 14.9 Å². The van der Waals surface area contributed by atoms with Gasteiger partial charge in [-0.2, -0.15) is 0 Å². The van der Waals surface area contributed by atoms with E-state index in [1.807, 2.05) is 0 Å². The molecule has 0 spiro atoms. The zero-order valence-corrected chi connectivity index (χ0v) is 12.2. The van der Waals surface area contributed by atoms with Gasteiger partial charge >= 0.3 is 0 Å². The number of pyridine rings is 1. The monoisotopic (exact) mass is 309 g/mol. The Morgan fingerprint density at radius 3 is 2.95 bits per heavy atom. The van der Waals surface area contributed by atoms with Crippen molar-refractivity contribution in [2.24, 2.45) is 0 Å². The van der Waals surface area contributed by atoms with Crippen molar-refractivity contribution in [2.45, 2.75) is 32.1 Å². The van der Waals surface area contributed by atoms with Gasteiger partial charge < -0.3 is 5.32 Å². The second-order valence-electron chi connectivity index (χ2n) is 4.90. The number of rotatable bonds is 5. The molecule has 6 nitrogen and oxygen atoms in total. The highest BCUT2D eigenvalue weighted by atomic mass is 35.5. The Hall–Kier alpha value is -1.95. The van der Waals surface area contributed by atoms with Gasteiger partial charge in [-0.25, -0.2) is 4.98 Å². The van der Waals surface area contributed by atoms with Crippen LogP contribution in [-0.4, -0.2) is 22.4 Å². The summed E-state index contributed by atoms with van der Waals surface area (Å²) in [6, 6.07) is 1.22. The Labute approximate surface area is 127 Å². The standard InChI is InChI=1S/C14H16ClN3O3/c15-13-8-11(12(9-17-13)18(20)21)14(19)16-7-6-10-4-2-1-3-5-10/h4,8-9H,1-3,5-7H2,(H,16,19). The molecule has 0 bridgehead atoms. The molecule has 0 fully saturated rings. The van der Waals surface area contributed by atoms with Crippen LogP contribution in [0.2, 0.25) is 5.15 Å². The van der Waals surface area contributed by atoms with Gasteiger partial charge in [0, 0.05) is 6.54 Å². The third-order valence-electron chi connectivity index (χ3n) is 3.41. The molecule has 1 amide bonds. The van der Waals surface area contributed by atoms with E-state index in [1.165, 1.54) is 24.5 Å². The van der Waals surface area contributed by atoms with Crippen molar-refractivity contribution >= 4 is 23.2 Å². The number of aromatic nitrogens is 1. The van der Waals surface area contributed by atoms with Crippen molar-refractivity contribution < 1.29 is 9.72 Å². The molecule has 2 rings (SSSR count). The normalized spacial score (nSPS) is 14.4. The van der Waals surface area contributed by atoms with Crippen LogP contribution in [-0.2, 0) is 0 Å². The van der Waals surface area contributed by atoms with Gasteiger partial charge in [-0.15, -0.1) is 0 Å². The van der Waals surface area contributed by atoms with E-state index in [0.29, 0.717) is 6.54 Å². The SMILES string of the molecule is O=C(NCCC1=CCCCC1)c1cc(Cl)ncc1[N+](=O)[O-]. The second-order valence-corrected chi connectivity index (χ2v) is 5.28. The van der Waals surface area contributed by atoms with E-state index in [0.717, 1.165) is 25.5 Å². The number of nitrogens with zero attached hydrogens (tertiary/aromatic N) is 2. The number of carbonyl (C=O) groups is 1. The smallest absolute Gasteiger partial charge is 0.300 e. The number of carbonyl (C=O) groups excluding carboxylic acids is 1. The number of halogens is 1. The molecule has 1 heterocycles. The van der Waals surface area contributed by atoms with E-state index in [2.05, 4.69) is 16.4 Å². The topological polar surface area (TPSA) is 85.1 Å². The van der Waals surface area contributed by atoms with Gasteiger partial charge in [0.1, 0.15) is 16.9 Å². The largest absolute Gasteiger partial charge is 0.351 e. The molecule has 1 aliphatic rings. The Bertz CT molecular complexity index is 587. The highest BCUT2D eigenvalue weighted by Gasteiger charge is 2.21. The zero-order chi connectivity index (χ0) is 15.2. The maximum atomic E-state index is 12.0. The van der Waals surface area contributed by atoms with Crippen LogP contribution in [0.3, 0.4) is 0 Å². The fraction of sp³-hybridized carbons (Fsp3) is 0.429. The zero-order valence-electron chi connectivity index (χ0n) is 11.5. The molecular formula is C14H16ClN3O3. The van der Waals surface area contributed by atoms with Gasteiger partial charge in [0.2, 0.25) is 0 Å². The summed E-state index contributed by atoms with van der Waals surface area (Å²) in [5.74, 6) is -0.498. The van der Waals surface area contributed by atoms with E-state index in [1.54, 1.807) is 0 Å². The Balaban J connectivity index is 1.98. The summed E-state index contributed by atoms with van der Waals surface area (Å²) >= 11 is 5.70. The lowest BCUT2D eigenvalue weighted by Gasteiger charge is -2.13. The minimum absolute atomic E-state index is 0.0562. The van der Waals surface area contributed by atoms with Gasteiger partial charge in [-0.3, -0.25) is 14.9 Å². The lowest BCUT2D eigenvalue weighted by molar-refractivity contribution is -0.385. The summed E-state index contributed by atoms with van der Waals surface area (Å²) < 4.78 is 0. The predicted octanol–water partition coefficient (Wildman–Crippen LogP) is 3.26. The minimum atomic E-state index is -0.637. The number of nitro groups is 1. The molecule has 7 heteroatoms. The third kappa shape index (κ3) is 4.26. The number of nitrogens with one attached hydrogen (secondary N) is 1. The summed E-state index contributed by atoms with van der Waals surface area (Å²) in [6.07, 6.45) is 8.55. The number of hydrogen-bond donors (Lipinski definition) is 1. The Kier molecular flexibility index (Phi) is 5.27. The maximum Gasteiger partial charge on any atom is 0.300 e. The lowest BCUT2D eigenvalue weighted by Crippen LogP contribution is -2.25. The van der Waals surface area contributed by atoms with Gasteiger partial charge in [0.15, 0.2) is 0 Å². The third-order valence-corrected chi connectivity index (χ3v) is 3.61. The fourth-order valence-corrected chi connectivity index (χ4v) is 2.47. The highest BCUT2D eigenvalue weighted by molar-refractivity contribution is 6.29. The molecule has 21 heavy (non-hydrogen) atoms. The van der Waals surface area contributed by atoms with Crippen LogP contribution < -0.4 is 5.32 Å². The first-order chi connectivity index (χ1) is 10.1. The molecule has 1 aromatic heterocycles. The lowest BCUT2D eigenvalue weighted by atomic mass is 9.97. The van der Waals surface area contributed by atoms with Crippen molar-refractivity contribution in [2.75, 3.05) is 6.54 Å². The molecular weight excluding hydrogens is 294 g/mol. The molecule has 0 saturated heterocycles. The molecule has 0 unspecified atom stereocenters. The van der Waals surface area contributed by atoms with Crippen molar-refractivity contribution in [3.8, 4) is 0 Å². The molecule has 1 N–H and O–H groups in total. The quantitative estimate of drug-likeness (QED) is 0.391. The highest BCUT2D eigenvalue weighted by Crippen LogP contribution is 2.21. The van der Waals surface area contributed by atoms with Crippen LogP contribution >= 0.6 is 11.6 Å². The van der Waals surface area contributed by atoms with Crippen molar-refractivity contribution in [3.05, 3.63) is 44.7 Å². The van der Waals surface area contributed by atoms with E-state index in [-0.39, 0.29) is 16.4 Å². The minimum Gasteiger partial charge on any atom is -0.351 e. The fourth-order valence-electron chi connectivity index (χ4n) is 2.31. The predicted molar refractivity (Wildman–Crippen MR) is 79.4 cm³/mol. The second kappa shape index (κ2) is 7.17. The molecule has 0 aromatic carbocycles. The molecule has 0 saturated carbocycles. The van der Waals surface area contributed by atoms with Gasteiger partial charge in [-0.1, -0.05) is 23.3 Å². The average molecular weight is 310 g/mol. The van der Waals surface area contributed by atoms with Crippen LogP contribution in [0.25, 0.3) is 0 Å². The molecule has 0 atom stereocenters. The molecule has 0 radical (unpaired) electrons. The van der Waals surface area contributed by atoms with E-state index >= 15 is 0 Å². The molecule has 112 valence electrons. The maximum absolute atomic E-state index is 12.0. The first-order valence-electron chi connectivity index (χ1n) is 6.84. The van der Waals surface area contributed by atoms with Crippen molar-refractivity contribution in [3.63, 3.8) is 0 Å². The molecule has 1 aliphatic carbocycles. The number of allylic oxidation sites excluding steroid dienone is 1. The summed E-state index contributed by atoms with van der Waals surface area (Å²) in [6.45, 7) is 0.460. The first-order valence-corrected chi connectivity index (χ1v) is 7.22. The van der Waals surface area contributed by atoms with Crippen molar-refractivity contribution in [1.29, 1.82) is 0 Å². The van der Waals surface area contributed by atoms with Gasteiger partial charge in [0.25, 0.3) is 11.6 Å². The Morgan fingerprint density at radius 1 is 1.48 bits per heavy atom. The summed E-state index contributed by atoms with van der Waals surface area (Å²) in [5, 5.41) is 13.6. The van der Waals surface area contributed by atoms with Crippen LogP contribution in [0, 0.1) is 10.1 Å². The van der Waals surface area contributed by atoms with Crippen LogP contribution in [0.5, 0.6) is 0 Å². The van der Waals surface area contributed by atoms with Gasteiger partial charge in [-0.05, 0) is 38.2 Å². The molecule has 0 aliphatic heterocycles. The number of hydrogen-bond acceptors (Lipinski definition) is 4. The Morgan fingerprint density at radius 2 is 2.29 bits per heavy atom. The van der Waals surface area contributed by atoms with Crippen LogP contribution in [0.1, 0.15) is 42.5 Å².